The fourth-order valence-electron chi connectivity index (χ4n) is 2.57. The third-order valence-electron chi connectivity index (χ3n) is 3.85. The average molecular weight is 441 g/mol. The summed E-state index contributed by atoms with van der Waals surface area (Å²) in [7, 11) is 1.56. The SMILES string of the molecule is Cn1c(OCCO)nc2c(F)c(Nc3ccc(Br)cc3F)c(C(N)=O)cc21. The second-order valence-electron chi connectivity index (χ2n) is 5.62. The van der Waals surface area contributed by atoms with Crippen molar-refractivity contribution in [2.75, 3.05) is 18.5 Å². The van der Waals surface area contributed by atoms with E-state index in [1.165, 1.54) is 22.8 Å². The van der Waals surface area contributed by atoms with Crippen molar-refractivity contribution in [1.29, 1.82) is 0 Å². The third-order valence-corrected chi connectivity index (χ3v) is 4.35. The van der Waals surface area contributed by atoms with Crippen LogP contribution in [0.1, 0.15) is 10.4 Å². The maximum atomic E-state index is 15.1. The molecule has 10 heteroatoms. The molecule has 0 saturated heterocycles. The van der Waals surface area contributed by atoms with Crippen LogP contribution in [0.2, 0.25) is 0 Å². The zero-order valence-corrected chi connectivity index (χ0v) is 15.7. The van der Waals surface area contributed by atoms with Crippen molar-refractivity contribution in [3.05, 3.63) is 45.9 Å². The molecule has 0 radical (unpaired) electrons. The third kappa shape index (κ3) is 3.58. The topological polar surface area (TPSA) is 102 Å². The first-order chi connectivity index (χ1) is 12.8. The van der Waals surface area contributed by atoms with Crippen LogP contribution in [0, 0.1) is 11.6 Å². The molecule has 0 bridgehead atoms. The molecule has 0 atom stereocenters. The van der Waals surface area contributed by atoms with Gasteiger partial charge in [0.1, 0.15) is 17.9 Å². The summed E-state index contributed by atoms with van der Waals surface area (Å²) >= 11 is 3.14. The Hall–Kier alpha value is -2.72. The Morgan fingerprint density at radius 2 is 2.15 bits per heavy atom. The number of aliphatic hydroxyl groups is 1. The number of hydrogen-bond donors (Lipinski definition) is 3. The molecule has 0 aliphatic carbocycles. The van der Waals surface area contributed by atoms with E-state index in [0.717, 1.165) is 0 Å². The first-order valence-corrected chi connectivity index (χ1v) is 8.57. The number of nitrogens with two attached hydrogens (primary N) is 1. The monoisotopic (exact) mass is 440 g/mol. The van der Waals surface area contributed by atoms with Crippen molar-refractivity contribution in [2.24, 2.45) is 12.8 Å². The summed E-state index contributed by atoms with van der Waals surface area (Å²) in [6.45, 7) is -0.273. The first-order valence-electron chi connectivity index (χ1n) is 7.78. The minimum atomic E-state index is -0.894. The van der Waals surface area contributed by atoms with Crippen LogP contribution in [0.3, 0.4) is 0 Å². The van der Waals surface area contributed by atoms with Gasteiger partial charge in [0.2, 0.25) is 0 Å². The molecular weight excluding hydrogens is 426 g/mol. The summed E-state index contributed by atoms with van der Waals surface area (Å²) in [6.07, 6.45) is 0. The van der Waals surface area contributed by atoms with Gasteiger partial charge in [0.05, 0.1) is 29.1 Å². The average Bonchev–Trinajstić information content (AvgIpc) is 2.93. The fraction of sp³-hybridized carbons (Fsp3) is 0.176. The number of rotatable bonds is 6. The van der Waals surface area contributed by atoms with Crippen LogP contribution in [-0.2, 0) is 7.05 Å². The number of aliphatic hydroxyl groups excluding tert-OH is 1. The Kier molecular flexibility index (Phi) is 5.29. The van der Waals surface area contributed by atoms with Gasteiger partial charge < -0.3 is 20.9 Å². The van der Waals surface area contributed by atoms with Gasteiger partial charge in [0.25, 0.3) is 11.9 Å². The highest BCUT2D eigenvalue weighted by Gasteiger charge is 2.23. The molecule has 1 amide bonds. The second-order valence-corrected chi connectivity index (χ2v) is 6.54. The molecule has 7 nitrogen and oxygen atoms in total. The largest absolute Gasteiger partial charge is 0.462 e. The minimum Gasteiger partial charge on any atom is -0.462 e. The highest BCUT2D eigenvalue weighted by atomic mass is 79.9. The van der Waals surface area contributed by atoms with Gasteiger partial charge in [-0.05, 0) is 24.3 Å². The standard InChI is InChI=1S/C17H15BrF2N4O3/c1-24-12-7-9(16(21)26)14(22-11-3-2-8(18)6-10(11)19)13(20)15(12)23-17(24)27-5-4-25/h2-3,6-7,22,25H,4-5H2,1H3,(H2,21,26). The van der Waals surface area contributed by atoms with E-state index in [-0.39, 0.29) is 47.2 Å². The Labute approximate surface area is 160 Å². The van der Waals surface area contributed by atoms with Gasteiger partial charge in [0, 0.05) is 11.5 Å². The molecule has 0 spiro atoms. The van der Waals surface area contributed by atoms with Crippen molar-refractivity contribution in [3.8, 4) is 6.01 Å². The number of ether oxygens (including phenoxy) is 1. The molecule has 142 valence electrons. The molecule has 4 N–H and O–H groups in total. The molecule has 1 heterocycles. The van der Waals surface area contributed by atoms with Gasteiger partial charge in [-0.2, -0.15) is 4.98 Å². The number of nitrogens with zero attached hydrogens (tertiary/aromatic N) is 2. The number of aromatic nitrogens is 2. The predicted molar refractivity (Wildman–Crippen MR) is 99.2 cm³/mol. The number of carbonyl (C=O) groups is 1. The van der Waals surface area contributed by atoms with Crippen LogP contribution in [0.15, 0.2) is 28.7 Å². The summed E-state index contributed by atoms with van der Waals surface area (Å²) in [5, 5.41) is 11.5. The van der Waals surface area contributed by atoms with Crippen LogP contribution in [0.25, 0.3) is 11.0 Å². The van der Waals surface area contributed by atoms with Gasteiger partial charge in [0.15, 0.2) is 5.82 Å². The molecule has 0 unspecified atom stereocenters. The van der Waals surface area contributed by atoms with E-state index < -0.39 is 17.5 Å². The maximum Gasteiger partial charge on any atom is 0.297 e. The van der Waals surface area contributed by atoms with Crippen LogP contribution in [0.5, 0.6) is 6.01 Å². The van der Waals surface area contributed by atoms with E-state index >= 15 is 4.39 Å². The number of fused-ring (bicyclic) bond motifs is 1. The smallest absolute Gasteiger partial charge is 0.297 e. The molecule has 0 saturated carbocycles. The molecule has 0 fully saturated rings. The van der Waals surface area contributed by atoms with Crippen molar-refractivity contribution >= 4 is 44.2 Å². The van der Waals surface area contributed by atoms with Gasteiger partial charge in [-0.1, -0.05) is 15.9 Å². The lowest BCUT2D eigenvalue weighted by molar-refractivity contribution is 0.100. The number of hydrogen-bond acceptors (Lipinski definition) is 5. The molecule has 0 aliphatic rings. The van der Waals surface area contributed by atoms with E-state index in [9.17, 15) is 9.18 Å². The van der Waals surface area contributed by atoms with Gasteiger partial charge >= 0.3 is 0 Å². The molecule has 0 aliphatic heterocycles. The zero-order chi connectivity index (χ0) is 19.7. The normalized spacial score (nSPS) is 11.0. The summed E-state index contributed by atoms with van der Waals surface area (Å²) in [5.41, 5.74) is 5.07. The van der Waals surface area contributed by atoms with E-state index in [1.807, 2.05) is 0 Å². The number of amides is 1. The van der Waals surface area contributed by atoms with E-state index in [1.54, 1.807) is 13.1 Å². The lowest BCUT2D eigenvalue weighted by Crippen LogP contribution is -2.15. The molecule has 3 aromatic rings. The Morgan fingerprint density at radius 3 is 2.78 bits per heavy atom. The van der Waals surface area contributed by atoms with Crippen molar-refractivity contribution in [1.82, 2.24) is 9.55 Å². The van der Waals surface area contributed by atoms with Crippen LogP contribution < -0.4 is 15.8 Å². The van der Waals surface area contributed by atoms with Gasteiger partial charge in [-0.25, -0.2) is 8.78 Å². The molecule has 2 aromatic carbocycles. The number of aryl methyl sites for hydroxylation is 1. The molecule has 27 heavy (non-hydrogen) atoms. The van der Waals surface area contributed by atoms with E-state index in [4.69, 9.17) is 15.6 Å². The maximum absolute atomic E-state index is 15.1. The fourth-order valence-corrected chi connectivity index (χ4v) is 2.90. The summed E-state index contributed by atoms with van der Waals surface area (Å²) < 4.78 is 36.4. The summed E-state index contributed by atoms with van der Waals surface area (Å²) in [4.78, 5) is 15.9. The number of primary amides is 1. The molecule has 1 aromatic heterocycles. The van der Waals surface area contributed by atoms with Crippen molar-refractivity contribution in [3.63, 3.8) is 0 Å². The summed E-state index contributed by atoms with van der Waals surface area (Å²) in [6, 6.07) is 5.55. The summed E-state index contributed by atoms with van der Waals surface area (Å²) in [5.74, 6) is -2.42. The van der Waals surface area contributed by atoms with Crippen LogP contribution in [-0.4, -0.2) is 33.8 Å². The van der Waals surface area contributed by atoms with Crippen LogP contribution in [0.4, 0.5) is 20.2 Å². The first kappa shape index (κ1) is 19.1. The van der Waals surface area contributed by atoms with Gasteiger partial charge in [-0.15, -0.1) is 0 Å². The van der Waals surface area contributed by atoms with Gasteiger partial charge in [-0.3, -0.25) is 9.36 Å². The Bertz CT molecular complexity index is 1040. The lowest BCUT2D eigenvalue weighted by atomic mass is 10.1. The Morgan fingerprint density at radius 1 is 1.41 bits per heavy atom. The zero-order valence-electron chi connectivity index (χ0n) is 14.1. The molecular formula is C17H15BrF2N4O3. The van der Waals surface area contributed by atoms with E-state index in [0.29, 0.717) is 4.47 Å². The second kappa shape index (κ2) is 7.49. The Balaban J connectivity index is 2.17. The number of halogens is 3. The van der Waals surface area contributed by atoms with Crippen molar-refractivity contribution in [2.45, 2.75) is 0 Å². The van der Waals surface area contributed by atoms with Crippen molar-refractivity contribution < 1.29 is 23.4 Å². The quantitative estimate of drug-likeness (QED) is 0.546. The lowest BCUT2D eigenvalue weighted by Gasteiger charge is -2.13. The number of carbonyl (C=O) groups excluding carboxylic acids is 1. The predicted octanol–water partition coefficient (Wildman–Crippen LogP) is 2.83. The highest BCUT2D eigenvalue weighted by molar-refractivity contribution is 9.10. The number of anilines is 2. The number of nitrogens with one attached hydrogen (secondary N) is 1. The van der Waals surface area contributed by atoms with E-state index in [2.05, 4.69) is 26.2 Å². The molecule has 3 rings (SSSR count). The highest BCUT2D eigenvalue weighted by Crippen LogP contribution is 2.33. The number of benzene rings is 2. The van der Waals surface area contributed by atoms with Crippen LogP contribution >= 0.6 is 15.9 Å². The minimum absolute atomic E-state index is 0.0311. The number of imidazole rings is 1.